The summed E-state index contributed by atoms with van der Waals surface area (Å²) in [4.78, 5) is 14.9. The molecule has 1 heterocycles. The highest BCUT2D eigenvalue weighted by atomic mass is 35.5. The van der Waals surface area contributed by atoms with E-state index in [1.165, 1.54) is 0 Å². The predicted molar refractivity (Wildman–Crippen MR) is 111 cm³/mol. The molecule has 3 aromatic rings. The molecule has 138 valence electrons. The number of aromatic nitrogens is 1. The molecule has 2 aromatic carbocycles. The molecular formula is C23H23ClN2O. The Morgan fingerprint density at radius 2 is 1.85 bits per heavy atom. The number of hydrogen-bond donors (Lipinski definition) is 0. The summed E-state index contributed by atoms with van der Waals surface area (Å²) in [5, 5.41) is 0.746. The zero-order chi connectivity index (χ0) is 19.2. The van der Waals surface area contributed by atoms with Gasteiger partial charge in [0, 0.05) is 35.6 Å². The van der Waals surface area contributed by atoms with Crippen molar-refractivity contribution in [2.24, 2.45) is 0 Å². The van der Waals surface area contributed by atoms with Crippen molar-refractivity contribution in [2.45, 2.75) is 20.0 Å². The van der Waals surface area contributed by atoms with Crippen molar-refractivity contribution < 1.29 is 4.79 Å². The van der Waals surface area contributed by atoms with Crippen LogP contribution in [0.1, 0.15) is 27.2 Å². The molecule has 0 fully saturated rings. The molecule has 3 nitrogen and oxygen atoms in total. The Hall–Kier alpha value is -2.78. The van der Waals surface area contributed by atoms with E-state index >= 15 is 0 Å². The number of carbonyl (C=O) groups excluding carboxylic acids is 1. The average molecular weight is 379 g/mol. The van der Waals surface area contributed by atoms with E-state index in [1.54, 1.807) is 6.08 Å². The SMILES string of the molecule is C=CCN(Cc1cccn1Cc1ccccc1Cl)C(=O)c1ccccc1C. The summed E-state index contributed by atoms with van der Waals surface area (Å²) in [6, 6.07) is 19.5. The molecule has 27 heavy (non-hydrogen) atoms. The molecule has 0 aliphatic carbocycles. The van der Waals surface area contributed by atoms with Gasteiger partial charge in [-0.25, -0.2) is 0 Å². The molecule has 0 saturated carbocycles. The molecule has 1 amide bonds. The fraction of sp³-hybridized carbons (Fsp3) is 0.174. The van der Waals surface area contributed by atoms with E-state index in [4.69, 9.17) is 11.6 Å². The van der Waals surface area contributed by atoms with E-state index in [0.717, 1.165) is 27.4 Å². The molecule has 0 spiro atoms. The van der Waals surface area contributed by atoms with Gasteiger partial charge in [-0.15, -0.1) is 6.58 Å². The van der Waals surface area contributed by atoms with Crippen LogP contribution in [-0.4, -0.2) is 21.9 Å². The molecule has 0 saturated heterocycles. The Bertz CT molecular complexity index is 945. The van der Waals surface area contributed by atoms with Gasteiger partial charge in [0.15, 0.2) is 0 Å². The Morgan fingerprint density at radius 3 is 2.59 bits per heavy atom. The van der Waals surface area contributed by atoms with E-state index in [9.17, 15) is 4.79 Å². The molecule has 0 radical (unpaired) electrons. The Kier molecular flexibility index (Phi) is 6.15. The van der Waals surface area contributed by atoms with Gasteiger partial charge in [0.25, 0.3) is 5.91 Å². The first-order valence-corrected chi connectivity index (χ1v) is 9.31. The summed E-state index contributed by atoms with van der Waals surface area (Å²) in [7, 11) is 0. The minimum atomic E-state index is 0.0125. The summed E-state index contributed by atoms with van der Waals surface area (Å²) in [5.41, 5.74) is 3.81. The van der Waals surface area contributed by atoms with E-state index in [0.29, 0.717) is 19.6 Å². The number of hydrogen-bond acceptors (Lipinski definition) is 1. The Morgan fingerprint density at radius 1 is 1.11 bits per heavy atom. The fourth-order valence-corrected chi connectivity index (χ4v) is 3.31. The highest BCUT2D eigenvalue weighted by molar-refractivity contribution is 6.31. The van der Waals surface area contributed by atoms with Crippen LogP contribution in [0.2, 0.25) is 5.02 Å². The van der Waals surface area contributed by atoms with Crippen LogP contribution in [0.4, 0.5) is 0 Å². The number of amides is 1. The van der Waals surface area contributed by atoms with Crippen molar-refractivity contribution in [1.82, 2.24) is 9.47 Å². The van der Waals surface area contributed by atoms with Crippen LogP contribution < -0.4 is 0 Å². The van der Waals surface area contributed by atoms with Crippen molar-refractivity contribution >= 4 is 17.5 Å². The number of carbonyl (C=O) groups is 1. The second-order valence-corrected chi connectivity index (χ2v) is 6.92. The lowest BCUT2D eigenvalue weighted by Crippen LogP contribution is -2.32. The van der Waals surface area contributed by atoms with Crippen LogP contribution in [0.3, 0.4) is 0 Å². The molecule has 1 aromatic heterocycles. The van der Waals surface area contributed by atoms with Gasteiger partial charge < -0.3 is 9.47 Å². The van der Waals surface area contributed by atoms with Gasteiger partial charge in [0.1, 0.15) is 0 Å². The van der Waals surface area contributed by atoms with Crippen LogP contribution in [0, 0.1) is 6.92 Å². The van der Waals surface area contributed by atoms with Crippen LogP contribution in [0.25, 0.3) is 0 Å². The van der Waals surface area contributed by atoms with Crippen LogP contribution in [0.5, 0.6) is 0 Å². The quantitative estimate of drug-likeness (QED) is 0.510. The van der Waals surface area contributed by atoms with Gasteiger partial charge in [-0.3, -0.25) is 4.79 Å². The molecule has 0 aliphatic heterocycles. The number of benzene rings is 2. The lowest BCUT2D eigenvalue weighted by atomic mass is 10.1. The first-order chi connectivity index (χ1) is 13.1. The third-order valence-electron chi connectivity index (χ3n) is 4.59. The molecular weight excluding hydrogens is 356 g/mol. The number of rotatable bonds is 7. The van der Waals surface area contributed by atoms with E-state index in [2.05, 4.69) is 11.1 Å². The Labute approximate surface area is 165 Å². The standard InChI is InChI=1S/C23H23ClN2O/c1-3-14-26(23(27)21-12-6-4-9-18(21)2)17-20-11-8-15-25(20)16-19-10-5-7-13-22(19)24/h3-13,15H,1,14,16-17H2,2H3. The molecule has 0 aliphatic rings. The lowest BCUT2D eigenvalue weighted by Gasteiger charge is -2.23. The van der Waals surface area contributed by atoms with Gasteiger partial charge in [0.05, 0.1) is 6.54 Å². The number of nitrogens with zero attached hydrogens (tertiary/aromatic N) is 2. The monoisotopic (exact) mass is 378 g/mol. The first-order valence-electron chi connectivity index (χ1n) is 8.93. The zero-order valence-corrected chi connectivity index (χ0v) is 16.2. The summed E-state index contributed by atoms with van der Waals surface area (Å²) in [5.74, 6) is 0.0125. The third kappa shape index (κ3) is 4.50. The third-order valence-corrected chi connectivity index (χ3v) is 4.96. The maximum absolute atomic E-state index is 13.1. The van der Waals surface area contributed by atoms with Gasteiger partial charge >= 0.3 is 0 Å². The van der Waals surface area contributed by atoms with E-state index in [1.807, 2.05) is 78.7 Å². The van der Waals surface area contributed by atoms with Crippen LogP contribution in [0.15, 0.2) is 79.5 Å². The summed E-state index contributed by atoms with van der Waals surface area (Å²) in [6.07, 6.45) is 3.78. The van der Waals surface area contributed by atoms with Crippen molar-refractivity contribution in [1.29, 1.82) is 0 Å². The van der Waals surface area contributed by atoms with Crippen LogP contribution >= 0.6 is 11.6 Å². The van der Waals surface area contributed by atoms with Gasteiger partial charge in [-0.05, 0) is 42.3 Å². The van der Waals surface area contributed by atoms with Crippen LogP contribution in [-0.2, 0) is 13.1 Å². The van der Waals surface area contributed by atoms with Crippen molar-refractivity contribution in [3.05, 3.63) is 107 Å². The van der Waals surface area contributed by atoms with E-state index < -0.39 is 0 Å². The summed E-state index contributed by atoms with van der Waals surface area (Å²) >= 11 is 6.31. The second-order valence-electron chi connectivity index (χ2n) is 6.51. The minimum Gasteiger partial charge on any atom is -0.345 e. The predicted octanol–water partition coefficient (Wildman–Crippen LogP) is 5.33. The minimum absolute atomic E-state index is 0.0125. The second kappa shape index (κ2) is 8.74. The number of aryl methyl sites for hydroxylation is 1. The largest absolute Gasteiger partial charge is 0.345 e. The highest BCUT2D eigenvalue weighted by Gasteiger charge is 2.18. The molecule has 0 atom stereocenters. The van der Waals surface area contributed by atoms with Crippen molar-refractivity contribution in [3.63, 3.8) is 0 Å². The van der Waals surface area contributed by atoms with Gasteiger partial charge in [-0.2, -0.15) is 0 Å². The average Bonchev–Trinajstić information content (AvgIpc) is 3.10. The summed E-state index contributed by atoms with van der Waals surface area (Å²) < 4.78 is 2.13. The first kappa shape index (κ1) is 19.0. The molecule has 0 bridgehead atoms. The molecule has 0 unspecified atom stereocenters. The highest BCUT2D eigenvalue weighted by Crippen LogP contribution is 2.19. The zero-order valence-electron chi connectivity index (χ0n) is 15.4. The maximum atomic E-state index is 13.1. The fourth-order valence-electron chi connectivity index (χ4n) is 3.11. The van der Waals surface area contributed by atoms with E-state index in [-0.39, 0.29) is 5.91 Å². The molecule has 3 rings (SSSR count). The smallest absolute Gasteiger partial charge is 0.254 e. The van der Waals surface area contributed by atoms with Crippen molar-refractivity contribution in [3.8, 4) is 0 Å². The molecule has 4 heteroatoms. The topological polar surface area (TPSA) is 25.2 Å². The summed E-state index contributed by atoms with van der Waals surface area (Å²) in [6.45, 7) is 7.44. The Balaban J connectivity index is 1.83. The lowest BCUT2D eigenvalue weighted by molar-refractivity contribution is 0.0758. The number of halogens is 1. The molecule has 0 N–H and O–H groups in total. The maximum Gasteiger partial charge on any atom is 0.254 e. The van der Waals surface area contributed by atoms with Gasteiger partial charge in [-0.1, -0.05) is 54.1 Å². The normalized spacial score (nSPS) is 10.6. The van der Waals surface area contributed by atoms with Crippen molar-refractivity contribution in [2.75, 3.05) is 6.54 Å². The van der Waals surface area contributed by atoms with Gasteiger partial charge in [0.2, 0.25) is 0 Å².